The summed E-state index contributed by atoms with van der Waals surface area (Å²) in [5.41, 5.74) is 9.25. The van der Waals surface area contributed by atoms with E-state index in [4.69, 9.17) is 5.73 Å². The topological polar surface area (TPSA) is 43.8 Å². The van der Waals surface area contributed by atoms with Gasteiger partial charge in [0.2, 0.25) is 0 Å². The molecule has 4 heteroatoms. The van der Waals surface area contributed by atoms with E-state index in [9.17, 15) is 0 Å². The second-order valence-corrected chi connectivity index (χ2v) is 5.86. The van der Waals surface area contributed by atoms with E-state index in [1.807, 2.05) is 18.2 Å². The monoisotopic (exact) mass is 307 g/mol. The van der Waals surface area contributed by atoms with E-state index >= 15 is 0 Å². The minimum absolute atomic E-state index is 0.583. The molecule has 0 aliphatic rings. The summed E-state index contributed by atoms with van der Waals surface area (Å²) in [5.74, 6) is 1.27. The highest BCUT2D eigenvalue weighted by Crippen LogP contribution is 2.22. The quantitative estimate of drug-likeness (QED) is 0.939. The number of benzene rings is 1. The zero-order chi connectivity index (χ0) is 13.3. The highest BCUT2D eigenvalue weighted by molar-refractivity contribution is 9.10. The second-order valence-electron chi connectivity index (χ2n) is 5.00. The van der Waals surface area contributed by atoms with Gasteiger partial charge in [-0.15, -0.1) is 0 Å². The molecule has 0 aliphatic heterocycles. The van der Waals surface area contributed by atoms with Gasteiger partial charge in [0.1, 0.15) is 5.82 Å². The molecule has 2 N–H and O–H groups in total. The number of nitrogens with two attached hydrogens (primary N) is 1. The fraction of sp³-hybridized carbons (Fsp3) is 0.357. The first kappa shape index (κ1) is 13.1. The van der Waals surface area contributed by atoms with Gasteiger partial charge in [0, 0.05) is 10.5 Å². The molecular weight excluding hydrogens is 290 g/mol. The van der Waals surface area contributed by atoms with Gasteiger partial charge in [-0.1, -0.05) is 29.8 Å². The summed E-state index contributed by atoms with van der Waals surface area (Å²) in [6.45, 7) is 6.42. The van der Waals surface area contributed by atoms with Crippen LogP contribution in [0, 0.1) is 12.8 Å². The van der Waals surface area contributed by atoms with E-state index in [0.717, 1.165) is 22.3 Å². The van der Waals surface area contributed by atoms with Crippen molar-refractivity contribution in [2.75, 3.05) is 5.73 Å². The average Bonchev–Trinajstić information content (AvgIpc) is 2.62. The fourth-order valence-electron chi connectivity index (χ4n) is 1.93. The highest BCUT2D eigenvalue weighted by atomic mass is 79.9. The molecule has 0 bridgehead atoms. The first-order valence-electron chi connectivity index (χ1n) is 6.08. The van der Waals surface area contributed by atoms with Crippen molar-refractivity contribution in [1.29, 1.82) is 0 Å². The van der Waals surface area contributed by atoms with E-state index in [0.29, 0.717) is 11.7 Å². The lowest BCUT2D eigenvalue weighted by Crippen LogP contribution is -2.03. The molecular formula is C14H18BrN3. The molecule has 0 unspecified atom stereocenters. The van der Waals surface area contributed by atoms with E-state index in [1.54, 1.807) is 4.68 Å². The Hall–Kier alpha value is -1.29. The lowest BCUT2D eigenvalue weighted by Gasteiger charge is -2.06. The van der Waals surface area contributed by atoms with Crippen molar-refractivity contribution in [2.24, 2.45) is 5.92 Å². The maximum absolute atomic E-state index is 6.03. The first-order valence-corrected chi connectivity index (χ1v) is 6.87. The molecule has 18 heavy (non-hydrogen) atoms. The van der Waals surface area contributed by atoms with Crippen LogP contribution in [-0.4, -0.2) is 9.78 Å². The Morgan fingerprint density at radius 2 is 2.06 bits per heavy atom. The first-order chi connectivity index (χ1) is 8.47. The van der Waals surface area contributed by atoms with Crippen LogP contribution >= 0.6 is 15.9 Å². The fourth-order valence-corrected chi connectivity index (χ4v) is 2.18. The zero-order valence-corrected chi connectivity index (χ0v) is 12.5. The largest absolute Gasteiger partial charge is 0.384 e. The van der Waals surface area contributed by atoms with Crippen molar-refractivity contribution < 1.29 is 0 Å². The molecule has 0 aliphatic carbocycles. The summed E-state index contributed by atoms with van der Waals surface area (Å²) >= 11 is 3.50. The van der Waals surface area contributed by atoms with Gasteiger partial charge in [-0.05, 0) is 43.0 Å². The molecule has 0 saturated carbocycles. The Balaban J connectivity index is 2.38. The molecule has 0 radical (unpaired) electrons. The third kappa shape index (κ3) is 2.75. The molecule has 0 fully saturated rings. The lowest BCUT2D eigenvalue weighted by atomic mass is 10.1. The summed E-state index contributed by atoms with van der Waals surface area (Å²) in [6, 6.07) is 8.07. The van der Waals surface area contributed by atoms with Crippen LogP contribution in [0.5, 0.6) is 0 Å². The SMILES string of the molecule is Cc1cc(-n2nc(CC(C)C)cc2N)ccc1Br. The standard InChI is InChI=1S/C14H18BrN3/c1-9(2)6-11-8-14(16)18(17-11)12-4-5-13(15)10(3)7-12/h4-5,7-9H,6,16H2,1-3H3. The van der Waals surface area contributed by atoms with Crippen molar-refractivity contribution in [3.8, 4) is 5.69 Å². The second kappa shape index (κ2) is 5.14. The Morgan fingerprint density at radius 3 is 2.67 bits per heavy atom. The lowest BCUT2D eigenvalue weighted by molar-refractivity contribution is 0.628. The van der Waals surface area contributed by atoms with Gasteiger partial charge in [-0.25, -0.2) is 4.68 Å². The normalized spacial score (nSPS) is 11.2. The Bertz CT molecular complexity index is 558. The minimum atomic E-state index is 0.583. The van der Waals surface area contributed by atoms with Crippen LogP contribution in [0.2, 0.25) is 0 Å². The van der Waals surface area contributed by atoms with Gasteiger partial charge in [0.25, 0.3) is 0 Å². The molecule has 2 rings (SSSR count). The van der Waals surface area contributed by atoms with Crippen LogP contribution in [0.4, 0.5) is 5.82 Å². The Kier molecular flexibility index (Phi) is 3.76. The van der Waals surface area contributed by atoms with Crippen molar-refractivity contribution >= 4 is 21.7 Å². The van der Waals surface area contributed by atoms with Crippen molar-refractivity contribution in [2.45, 2.75) is 27.2 Å². The van der Waals surface area contributed by atoms with Gasteiger partial charge in [0.05, 0.1) is 11.4 Å². The van der Waals surface area contributed by atoms with Crippen LogP contribution < -0.4 is 5.73 Å². The van der Waals surface area contributed by atoms with Crippen LogP contribution in [-0.2, 0) is 6.42 Å². The Morgan fingerprint density at radius 1 is 1.33 bits per heavy atom. The van der Waals surface area contributed by atoms with Gasteiger partial charge in [-0.3, -0.25) is 0 Å². The van der Waals surface area contributed by atoms with Crippen molar-refractivity contribution in [1.82, 2.24) is 9.78 Å². The number of nitrogen functional groups attached to an aromatic ring is 1. The maximum Gasteiger partial charge on any atom is 0.127 e. The summed E-state index contributed by atoms with van der Waals surface area (Å²) in [6.07, 6.45) is 0.951. The highest BCUT2D eigenvalue weighted by Gasteiger charge is 2.09. The number of hydrogen-bond donors (Lipinski definition) is 1. The summed E-state index contributed by atoms with van der Waals surface area (Å²) in [4.78, 5) is 0. The van der Waals surface area contributed by atoms with E-state index in [-0.39, 0.29) is 0 Å². The van der Waals surface area contributed by atoms with Crippen molar-refractivity contribution in [3.05, 3.63) is 40.0 Å². The molecule has 1 heterocycles. The van der Waals surface area contributed by atoms with Gasteiger partial charge < -0.3 is 5.73 Å². The smallest absolute Gasteiger partial charge is 0.127 e. The third-order valence-electron chi connectivity index (χ3n) is 2.79. The third-order valence-corrected chi connectivity index (χ3v) is 3.68. The molecule has 3 nitrogen and oxygen atoms in total. The number of halogens is 1. The zero-order valence-electron chi connectivity index (χ0n) is 10.9. The molecule has 2 aromatic rings. The molecule has 0 atom stereocenters. The molecule has 0 saturated heterocycles. The summed E-state index contributed by atoms with van der Waals surface area (Å²) in [5, 5.41) is 4.57. The molecule has 0 spiro atoms. The van der Waals surface area contributed by atoms with E-state index in [1.165, 1.54) is 5.56 Å². The molecule has 0 amide bonds. The Labute approximate surface area is 116 Å². The maximum atomic E-state index is 6.03. The van der Waals surface area contributed by atoms with E-state index < -0.39 is 0 Å². The minimum Gasteiger partial charge on any atom is -0.384 e. The summed E-state index contributed by atoms with van der Waals surface area (Å²) < 4.78 is 2.90. The summed E-state index contributed by atoms with van der Waals surface area (Å²) in [7, 11) is 0. The number of nitrogens with zero attached hydrogens (tertiary/aromatic N) is 2. The predicted molar refractivity (Wildman–Crippen MR) is 79.0 cm³/mol. The molecule has 1 aromatic heterocycles. The number of rotatable bonds is 3. The molecule has 96 valence electrons. The average molecular weight is 308 g/mol. The molecule has 1 aromatic carbocycles. The number of anilines is 1. The number of hydrogen-bond acceptors (Lipinski definition) is 2. The predicted octanol–water partition coefficient (Wildman–Crippen LogP) is 3.72. The number of aryl methyl sites for hydroxylation is 1. The van der Waals surface area contributed by atoms with Gasteiger partial charge in [0.15, 0.2) is 0 Å². The van der Waals surface area contributed by atoms with Gasteiger partial charge in [-0.2, -0.15) is 5.10 Å². The van der Waals surface area contributed by atoms with E-state index in [2.05, 4.69) is 47.9 Å². The van der Waals surface area contributed by atoms with Crippen LogP contribution in [0.3, 0.4) is 0 Å². The van der Waals surface area contributed by atoms with Crippen molar-refractivity contribution in [3.63, 3.8) is 0 Å². The number of aromatic nitrogens is 2. The van der Waals surface area contributed by atoms with Gasteiger partial charge >= 0.3 is 0 Å². The van der Waals surface area contributed by atoms with Crippen LogP contribution in [0.1, 0.15) is 25.1 Å². The van der Waals surface area contributed by atoms with Crippen LogP contribution in [0.15, 0.2) is 28.7 Å². The van der Waals surface area contributed by atoms with Crippen LogP contribution in [0.25, 0.3) is 5.69 Å².